The molecule has 1 rings (SSSR count). The first-order valence-corrected chi connectivity index (χ1v) is 5.59. The van der Waals surface area contributed by atoms with Gasteiger partial charge in [-0.1, -0.05) is 12.1 Å². The van der Waals surface area contributed by atoms with Gasteiger partial charge >= 0.3 is 6.18 Å². The Hall–Kier alpha value is -1.21. The summed E-state index contributed by atoms with van der Waals surface area (Å²) in [6, 6.07) is 3.89. The molecule has 108 valence electrons. The van der Waals surface area contributed by atoms with Crippen molar-refractivity contribution in [3.05, 3.63) is 35.4 Å². The van der Waals surface area contributed by atoms with Crippen molar-refractivity contribution in [1.82, 2.24) is 0 Å². The first kappa shape index (κ1) is 15.8. The van der Waals surface area contributed by atoms with E-state index in [0.29, 0.717) is 5.56 Å². The van der Waals surface area contributed by atoms with E-state index in [1.807, 2.05) is 0 Å². The zero-order valence-electron chi connectivity index (χ0n) is 9.96. The van der Waals surface area contributed by atoms with Gasteiger partial charge in [0.15, 0.2) is 0 Å². The third kappa shape index (κ3) is 5.52. The quantitative estimate of drug-likeness (QED) is 0.641. The number of halogens is 5. The van der Waals surface area contributed by atoms with Crippen LogP contribution in [0.4, 0.5) is 22.0 Å². The minimum Gasteiger partial charge on any atom is -0.375 e. The van der Waals surface area contributed by atoms with E-state index in [4.69, 9.17) is 5.73 Å². The molecule has 2 nitrogen and oxygen atoms in total. The van der Waals surface area contributed by atoms with Crippen LogP contribution in [-0.4, -0.2) is 19.6 Å². The molecule has 0 saturated carbocycles. The average Bonchev–Trinajstić information content (AvgIpc) is 2.33. The second-order valence-electron chi connectivity index (χ2n) is 3.98. The van der Waals surface area contributed by atoms with E-state index in [2.05, 4.69) is 4.74 Å². The van der Waals surface area contributed by atoms with Gasteiger partial charge in [0.05, 0.1) is 5.56 Å². The fourth-order valence-corrected chi connectivity index (χ4v) is 1.47. The summed E-state index contributed by atoms with van der Waals surface area (Å²) in [5, 5.41) is 0. The Kier molecular flexibility index (Phi) is 5.68. The van der Waals surface area contributed by atoms with E-state index in [9.17, 15) is 22.0 Å². The van der Waals surface area contributed by atoms with Crippen molar-refractivity contribution < 1.29 is 26.7 Å². The molecule has 7 heteroatoms. The number of nitrogens with two attached hydrogens (primary N) is 1. The first-order chi connectivity index (χ1) is 8.80. The van der Waals surface area contributed by atoms with E-state index in [0.717, 1.165) is 12.1 Å². The van der Waals surface area contributed by atoms with Crippen LogP contribution in [0.5, 0.6) is 0 Å². The summed E-state index contributed by atoms with van der Waals surface area (Å²) in [7, 11) is 0. The van der Waals surface area contributed by atoms with Crippen molar-refractivity contribution in [2.45, 2.75) is 25.1 Å². The van der Waals surface area contributed by atoms with Crippen LogP contribution < -0.4 is 5.73 Å². The lowest BCUT2D eigenvalue weighted by Gasteiger charge is -2.13. The molecule has 0 aliphatic rings. The highest BCUT2D eigenvalue weighted by Crippen LogP contribution is 2.29. The summed E-state index contributed by atoms with van der Waals surface area (Å²) in [5.41, 5.74) is 5.48. The molecule has 0 heterocycles. The van der Waals surface area contributed by atoms with Crippen LogP contribution >= 0.6 is 0 Å². The van der Waals surface area contributed by atoms with Gasteiger partial charge < -0.3 is 10.5 Å². The largest absolute Gasteiger partial charge is 0.416 e. The molecule has 1 aromatic rings. The molecule has 1 atom stereocenters. The van der Waals surface area contributed by atoms with Gasteiger partial charge in [-0.15, -0.1) is 0 Å². The molecule has 0 aliphatic heterocycles. The topological polar surface area (TPSA) is 35.2 Å². The summed E-state index contributed by atoms with van der Waals surface area (Å²) in [4.78, 5) is 0. The van der Waals surface area contributed by atoms with Crippen molar-refractivity contribution in [3.8, 4) is 0 Å². The lowest BCUT2D eigenvalue weighted by Crippen LogP contribution is -2.15. The van der Waals surface area contributed by atoms with Crippen LogP contribution in [0.15, 0.2) is 24.3 Å². The van der Waals surface area contributed by atoms with Crippen LogP contribution in [0.3, 0.4) is 0 Å². The van der Waals surface area contributed by atoms with Gasteiger partial charge in [0.2, 0.25) is 0 Å². The Bertz CT molecular complexity index is 377. The molecule has 2 N–H and O–H groups in total. The molecule has 0 aliphatic carbocycles. The molecule has 1 aromatic carbocycles. The predicted octanol–water partition coefficient (Wildman–Crippen LogP) is 3.38. The lowest BCUT2D eigenvalue weighted by molar-refractivity contribution is -0.137. The van der Waals surface area contributed by atoms with Crippen molar-refractivity contribution in [3.63, 3.8) is 0 Å². The molecular weight excluding hydrogens is 269 g/mol. The standard InChI is InChI=1S/C12H14F5NO/c13-11(14)7-19-6-5-10(18)8-1-3-9(4-2-8)12(15,16)17/h1-4,10-11H,5-7,18H2. The SMILES string of the molecule is NC(CCOCC(F)F)c1ccc(C(F)(F)F)cc1. The summed E-state index contributed by atoms with van der Waals surface area (Å²) in [5.74, 6) is 0. The zero-order valence-corrected chi connectivity index (χ0v) is 9.96. The van der Waals surface area contributed by atoms with Crippen LogP contribution in [0.2, 0.25) is 0 Å². The number of alkyl halides is 5. The fraction of sp³-hybridized carbons (Fsp3) is 0.500. The Labute approximate surface area is 107 Å². The molecule has 1 unspecified atom stereocenters. The molecular formula is C12H14F5NO. The smallest absolute Gasteiger partial charge is 0.375 e. The predicted molar refractivity (Wildman–Crippen MR) is 59.8 cm³/mol. The maximum absolute atomic E-state index is 12.3. The van der Waals surface area contributed by atoms with Gasteiger partial charge in [0, 0.05) is 12.6 Å². The van der Waals surface area contributed by atoms with Crippen LogP contribution in [-0.2, 0) is 10.9 Å². The molecule has 0 aromatic heterocycles. The molecule has 0 spiro atoms. The van der Waals surface area contributed by atoms with Crippen LogP contribution in [0.25, 0.3) is 0 Å². The van der Waals surface area contributed by atoms with Crippen molar-refractivity contribution in [2.24, 2.45) is 5.73 Å². The van der Waals surface area contributed by atoms with Gasteiger partial charge in [-0.05, 0) is 24.1 Å². The lowest BCUT2D eigenvalue weighted by atomic mass is 10.0. The third-order valence-electron chi connectivity index (χ3n) is 2.48. The molecule has 19 heavy (non-hydrogen) atoms. The summed E-state index contributed by atoms with van der Waals surface area (Å²) in [6.07, 6.45) is -6.66. The highest BCUT2D eigenvalue weighted by Gasteiger charge is 2.30. The number of ether oxygens (including phenoxy) is 1. The number of rotatable bonds is 6. The minimum absolute atomic E-state index is 0.0343. The van der Waals surface area contributed by atoms with E-state index in [1.54, 1.807) is 0 Å². The Balaban J connectivity index is 2.47. The fourth-order valence-electron chi connectivity index (χ4n) is 1.47. The van der Waals surface area contributed by atoms with E-state index >= 15 is 0 Å². The van der Waals surface area contributed by atoms with Gasteiger partial charge in [0.1, 0.15) is 6.61 Å². The maximum atomic E-state index is 12.3. The first-order valence-electron chi connectivity index (χ1n) is 5.59. The monoisotopic (exact) mass is 283 g/mol. The Morgan fingerprint density at radius 3 is 2.16 bits per heavy atom. The number of benzene rings is 1. The molecule has 0 amide bonds. The zero-order chi connectivity index (χ0) is 14.5. The minimum atomic E-state index is -4.39. The van der Waals surface area contributed by atoms with Gasteiger partial charge in [0.25, 0.3) is 6.43 Å². The molecule has 0 saturated heterocycles. The van der Waals surface area contributed by atoms with Crippen LogP contribution in [0, 0.1) is 0 Å². The van der Waals surface area contributed by atoms with Crippen LogP contribution in [0.1, 0.15) is 23.6 Å². The van der Waals surface area contributed by atoms with Gasteiger partial charge in [-0.3, -0.25) is 0 Å². The second-order valence-corrected chi connectivity index (χ2v) is 3.98. The normalized spacial score (nSPS) is 13.8. The van der Waals surface area contributed by atoms with Crippen molar-refractivity contribution >= 4 is 0 Å². The highest BCUT2D eigenvalue weighted by molar-refractivity contribution is 5.26. The summed E-state index contributed by atoms with van der Waals surface area (Å²) < 4.78 is 65.2. The maximum Gasteiger partial charge on any atom is 0.416 e. The Morgan fingerprint density at radius 2 is 1.68 bits per heavy atom. The van der Waals surface area contributed by atoms with E-state index in [1.165, 1.54) is 12.1 Å². The molecule has 0 fully saturated rings. The second kappa shape index (κ2) is 6.81. The third-order valence-corrected chi connectivity index (χ3v) is 2.48. The van der Waals surface area contributed by atoms with Gasteiger partial charge in [-0.25, -0.2) is 8.78 Å². The average molecular weight is 283 g/mol. The summed E-state index contributed by atoms with van der Waals surface area (Å²) in [6.45, 7) is -0.633. The Morgan fingerprint density at radius 1 is 1.11 bits per heavy atom. The number of hydrogen-bond acceptors (Lipinski definition) is 2. The van der Waals surface area contributed by atoms with Crippen molar-refractivity contribution in [1.29, 1.82) is 0 Å². The molecule has 0 bridgehead atoms. The van der Waals surface area contributed by atoms with Crippen molar-refractivity contribution in [2.75, 3.05) is 13.2 Å². The number of hydrogen-bond donors (Lipinski definition) is 1. The summed E-state index contributed by atoms with van der Waals surface area (Å²) >= 11 is 0. The van der Waals surface area contributed by atoms with E-state index < -0.39 is 30.8 Å². The highest BCUT2D eigenvalue weighted by atomic mass is 19.4. The molecule has 0 radical (unpaired) electrons. The van der Waals surface area contributed by atoms with Gasteiger partial charge in [-0.2, -0.15) is 13.2 Å². The van der Waals surface area contributed by atoms with E-state index in [-0.39, 0.29) is 13.0 Å².